The van der Waals surface area contributed by atoms with Gasteiger partial charge in [0.1, 0.15) is 6.20 Å². The van der Waals surface area contributed by atoms with Gasteiger partial charge in [0.25, 0.3) is 5.91 Å². The fraction of sp³-hybridized carbons (Fsp3) is 0. The van der Waals surface area contributed by atoms with Gasteiger partial charge in [-0.15, -0.1) is 5.10 Å². The second-order valence-electron chi connectivity index (χ2n) is 1.16. The van der Waals surface area contributed by atoms with Crippen molar-refractivity contribution in [2.45, 2.75) is 0 Å². The minimum Gasteiger partial charge on any atom is -0.364 e. The van der Waals surface area contributed by atoms with E-state index >= 15 is 0 Å². The van der Waals surface area contributed by atoms with Crippen LogP contribution in [0.25, 0.3) is 0 Å². The summed E-state index contributed by atoms with van der Waals surface area (Å²) in [6, 6.07) is 0. The van der Waals surface area contributed by atoms with E-state index in [2.05, 4.69) is 21.6 Å². The maximum absolute atomic E-state index is 10.1. The van der Waals surface area contributed by atoms with Gasteiger partial charge in [0.15, 0.2) is 5.69 Å². The molecule has 3 N–H and O–H groups in total. The molecule has 0 aliphatic heterocycles. The van der Waals surface area contributed by atoms with E-state index in [1.54, 1.807) is 0 Å². The molecule has 1 radical (unpaired) electrons. The van der Waals surface area contributed by atoms with Gasteiger partial charge in [-0.25, -0.2) is 0 Å². The van der Waals surface area contributed by atoms with Crippen molar-refractivity contribution in [3.8, 4) is 0 Å². The first-order valence-electron chi connectivity index (χ1n) is 1.89. The number of hydrogen-bond acceptors (Lipinski definition) is 3. The highest BCUT2D eigenvalue weighted by molar-refractivity contribution is 5.89. The third kappa shape index (κ3) is 0.651. The highest BCUT2D eigenvalue weighted by Crippen LogP contribution is 1.80. The van der Waals surface area contributed by atoms with E-state index < -0.39 is 5.91 Å². The van der Waals surface area contributed by atoms with Crippen LogP contribution in [-0.4, -0.2) is 21.3 Å². The summed E-state index contributed by atoms with van der Waals surface area (Å²) in [6.07, 6.45) is 2.25. The van der Waals surface area contributed by atoms with Crippen molar-refractivity contribution in [1.82, 2.24) is 15.4 Å². The summed E-state index contributed by atoms with van der Waals surface area (Å²) >= 11 is 0. The Morgan fingerprint density at radius 3 is 2.88 bits per heavy atom. The number of H-pyrrole nitrogens is 1. The Balaban J connectivity index is 2.93. The molecule has 1 amide bonds. The van der Waals surface area contributed by atoms with Crippen molar-refractivity contribution in [1.29, 1.82) is 0 Å². The van der Waals surface area contributed by atoms with Crippen LogP contribution in [0.4, 0.5) is 0 Å². The van der Waals surface area contributed by atoms with Crippen LogP contribution in [0, 0.1) is 6.20 Å². The largest absolute Gasteiger partial charge is 0.364 e. The Labute approximate surface area is 44.9 Å². The van der Waals surface area contributed by atoms with Crippen LogP contribution in [0.5, 0.6) is 0 Å². The lowest BCUT2D eigenvalue weighted by molar-refractivity contribution is 0.0995. The van der Waals surface area contributed by atoms with E-state index in [4.69, 9.17) is 5.73 Å². The molecule has 0 fully saturated rings. The molecule has 0 bridgehead atoms. The van der Waals surface area contributed by atoms with Gasteiger partial charge in [-0.3, -0.25) is 9.89 Å². The highest BCUT2D eigenvalue weighted by atomic mass is 16.1. The maximum Gasteiger partial charge on any atom is 0.269 e. The molecule has 0 atom stereocenters. The molecule has 0 saturated carbocycles. The molecule has 5 heteroatoms. The van der Waals surface area contributed by atoms with Crippen molar-refractivity contribution in [3.05, 3.63) is 11.9 Å². The normalized spacial score (nSPS) is 9.00. The molecule has 0 aliphatic carbocycles. The van der Waals surface area contributed by atoms with Crippen molar-refractivity contribution in [3.63, 3.8) is 0 Å². The molecule has 5 nitrogen and oxygen atoms in total. The molecule has 0 aromatic carbocycles. The first kappa shape index (κ1) is 4.76. The lowest BCUT2D eigenvalue weighted by Gasteiger charge is -1.78. The molecule has 1 aromatic rings. The smallest absolute Gasteiger partial charge is 0.269 e. The first-order chi connectivity index (χ1) is 3.80. The van der Waals surface area contributed by atoms with Gasteiger partial charge in [0.2, 0.25) is 0 Å². The second kappa shape index (κ2) is 1.61. The van der Waals surface area contributed by atoms with E-state index in [1.165, 1.54) is 0 Å². The van der Waals surface area contributed by atoms with E-state index in [0.29, 0.717) is 0 Å². The highest BCUT2D eigenvalue weighted by Gasteiger charge is 1.99. The number of primary amides is 1. The van der Waals surface area contributed by atoms with Crippen molar-refractivity contribution in [2.24, 2.45) is 5.73 Å². The van der Waals surface area contributed by atoms with Gasteiger partial charge in [-0.1, -0.05) is 5.21 Å². The second-order valence-corrected chi connectivity index (χ2v) is 1.16. The summed E-state index contributed by atoms with van der Waals surface area (Å²) in [5, 5.41) is 8.67. The van der Waals surface area contributed by atoms with Gasteiger partial charge in [-0.05, 0) is 0 Å². The summed E-state index contributed by atoms with van der Waals surface area (Å²) in [5.74, 6) is -0.602. The number of amides is 1. The Morgan fingerprint density at radius 2 is 2.62 bits per heavy atom. The average molecular weight is 111 g/mol. The fourth-order valence-corrected chi connectivity index (χ4v) is 0.285. The number of rotatable bonds is 1. The van der Waals surface area contributed by atoms with Gasteiger partial charge < -0.3 is 5.73 Å². The number of carbonyl (C=O) groups is 1. The molecule has 0 aliphatic rings. The van der Waals surface area contributed by atoms with E-state index in [0.717, 1.165) is 0 Å². The molecular formula is C3H3N4O. The van der Waals surface area contributed by atoms with E-state index in [9.17, 15) is 4.79 Å². The van der Waals surface area contributed by atoms with Gasteiger partial charge in [-0.2, -0.15) is 0 Å². The maximum atomic E-state index is 10.1. The third-order valence-electron chi connectivity index (χ3n) is 0.620. The molecule has 0 spiro atoms. The summed E-state index contributed by atoms with van der Waals surface area (Å²) in [4.78, 5) is 10.1. The Bertz CT molecular complexity index is 179. The van der Waals surface area contributed by atoms with Crippen LogP contribution >= 0.6 is 0 Å². The van der Waals surface area contributed by atoms with Crippen LogP contribution in [0.2, 0.25) is 0 Å². The van der Waals surface area contributed by atoms with Crippen molar-refractivity contribution < 1.29 is 4.79 Å². The Kier molecular flexibility index (Phi) is 0.957. The molecule has 8 heavy (non-hydrogen) atoms. The van der Waals surface area contributed by atoms with Crippen LogP contribution in [0.15, 0.2) is 0 Å². The minimum atomic E-state index is -0.602. The number of carbonyl (C=O) groups excluding carboxylic acids is 1. The quantitative estimate of drug-likeness (QED) is 0.472. The molecule has 41 valence electrons. The monoisotopic (exact) mass is 111 g/mol. The zero-order valence-electron chi connectivity index (χ0n) is 3.88. The van der Waals surface area contributed by atoms with E-state index in [-0.39, 0.29) is 5.69 Å². The summed E-state index contributed by atoms with van der Waals surface area (Å²) in [6.45, 7) is 0. The molecule has 1 rings (SSSR count). The number of nitrogens with zero attached hydrogens (tertiary/aromatic N) is 2. The topological polar surface area (TPSA) is 84.7 Å². The molecule has 0 saturated heterocycles. The van der Waals surface area contributed by atoms with Gasteiger partial charge >= 0.3 is 0 Å². The summed E-state index contributed by atoms with van der Waals surface area (Å²) in [5.41, 5.74) is 4.88. The van der Waals surface area contributed by atoms with Gasteiger partial charge in [0.05, 0.1) is 0 Å². The Morgan fingerprint density at radius 1 is 1.88 bits per heavy atom. The van der Waals surface area contributed by atoms with Crippen LogP contribution in [0.1, 0.15) is 10.5 Å². The summed E-state index contributed by atoms with van der Waals surface area (Å²) < 4.78 is 0. The Hall–Kier alpha value is -1.39. The fourth-order valence-electron chi connectivity index (χ4n) is 0.285. The first-order valence-corrected chi connectivity index (χ1v) is 1.89. The number of hydrogen-bond donors (Lipinski definition) is 2. The molecule has 1 heterocycles. The third-order valence-corrected chi connectivity index (χ3v) is 0.620. The standard InChI is InChI=1S/C3H3N4O/c4-3(8)2-1-5-7-6-2/h(H2,4,8)(H,5,6,7). The van der Waals surface area contributed by atoms with Crippen molar-refractivity contribution >= 4 is 5.91 Å². The molecular weight excluding hydrogens is 108 g/mol. The lowest BCUT2D eigenvalue weighted by Crippen LogP contribution is -2.11. The minimum absolute atomic E-state index is 0.102. The number of aromatic amines is 1. The predicted molar refractivity (Wildman–Crippen MR) is 23.7 cm³/mol. The average Bonchev–Trinajstić information content (AvgIpc) is 2.12. The predicted octanol–water partition coefficient (Wildman–Crippen LogP) is -1.30. The van der Waals surface area contributed by atoms with Crippen molar-refractivity contribution in [2.75, 3.05) is 0 Å². The number of aromatic nitrogens is 3. The van der Waals surface area contributed by atoms with Crippen LogP contribution in [-0.2, 0) is 0 Å². The summed E-state index contributed by atoms with van der Waals surface area (Å²) in [7, 11) is 0. The molecule has 0 unspecified atom stereocenters. The number of nitrogens with two attached hydrogens (primary N) is 1. The van der Waals surface area contributed by atoms with Crippen LogP contribution in [0.3, 0.4) is 0 Å². The van der Waals surface area contributed by atoms with E-state index in [1.807, 2.05) is 0 Å². The number of nitrogens with one attached hydrogen (secondary N) is 1. The van der Waals surface area contributed by atoms with Crippen LogP contribution < -0.4 is 5.73 Å². The molecule has 1 aromatic heterocycles. The van der Waals surface area contributed by atoms with Gasteiger partial charge in [0, 0.05) is 0 Å². The lowest BCUT2D eigenvalue weighted by atomic mass is 10.5. The SMILES string of the molecule is NC(=O)c1[c]nn[nH]1. The zero-order chi connectivity index (χ0) is 5.98. The zero-order valence-corrected chi connectivity index (χ0v) is 3.88.